The molecule has 0 saturated carbocycles. The van der Waals surface area contributed by atoms with Crippen LogP contribution >= 0.6 is 11.8 Å². The topological polar surface area (TPSA) is 42.2 Å². The summed E-state index contributed by atoms with van der Waals surface area (Å²) in [4.78, 5) is 12.8. The molecule has 0 fully saturated rings. The predicted molar refractivity (Wildman–Crippen MR) is 72.4 cm³/mol. The summed E-state index contributed by atoms with van der Waals surface area (Å²) in [5.74, 6) is 1.19. The molecule has 1 atom stereocenters. The highest BCUT2D eigenvalue weighted by molar-refractivity contribution is 8.00. The monoisotopic (exact) mass is 261 g/mol. The third-order valence-electron chi connectivity index (χ3n) is 2.46. The Hall–Kier alpha value is -1.68. The van der Waals surface area contributed by atoms with Crippen molar-refractivity contribution in [3.8, 4) is 0 Å². The molecule has 0 unspecified atom stereocenters. The van der Waals surface area contributed by atoms with Gasteiger partial charge in [0.05, 0.1) is 18.1 Å². The zero-order chi connectivity index (χ0) is 12.8. The maximum Gasteiger partial charge on any atom is 0.230 e. The van der Waals surface area contributed by atoms with Crippen molar-refractivity contribution in [3.63, 3.8) is 0 Å². The lowest BCUT2D eigenvalue weighted by Crippen LogP contribution is -2.27. The van der Waals surface area contributed by atoms with Gasteiger partial charge in [0.15, 0.2) is 0 Å². The number of nitrogens with one attached hydrogen (secondary N) is 1. The van der Waals surface area contributed by atoms with Crippen molar-refractivity contribution in [1.82, 2.24) is 5.32 Å². The van der Waals surface area contributed by atoms with Crippen molar-refractivity contribution in [2.24, 2.45) is 0 Å². The molecule has 1 aromatic heterocycles. The molecule has 0 radical (unpaired) electrons. The molecule has 1 heterocycles. The molecule has 94 valence electrons. The Balaban J connectivity index is 1.79. The van der Waals surface area contributed by atoms with Gasteiger partial charge in [-0.3, -0.25) is 4.79 Å². The van der Waals surface area contributed by atoms with Gasteiger partial charge in [-0.15, -0.1) is 11.8 Å². The lowest BCUT2D eigenvalue weighted by molar-refractivity contribution is -0.119. The molecule has 2 aromatic rings. The van der Waals surface area contributed by atoms with Crippen LogP contribution in [0.4, 0.5) is 0 Å². The van der Waals surface area contributed by atoms with Gasteiger partial charge in [-0.1, -0.05) is 18.2 Å². The largest absolute Gasteiger partial charge is 0.467 e. The first-order valence-corrected chi connectivity index (χ1v) is 6.75. The number of benzene rings is 1. The maximum atomic E-state index is 11.7. The van der Waals surface area contributed by atoms with E-state index in [-0.39, 0.29) is 11.9 Å². The van der Waals surface area contributed by atoms with Gasteiger partial charge in [0.1, 0.15) is 5.76 Å². The number of hydrogen-bond donors (Lipinski definition) is 1. The molecule has 2 rings (SSSR count). The number of furan rings is 1. The van der Waals surface area contributed by atoms with Crippen LogP contribution in [0.3, 0.4) is 0 Å². The van der Waals surface area contributed by atoms with Gasteiger partial charge in [0.2, 0.25) is 5.91 Å². The van der Waals surface area contributed by atoms with E-state index in [2.05, 4.69) is 5.32 Å². The fraction of sp³-hybridized carbons (Fsp3) is 0.214. The standard InChI is InChI=1S/C14H15NO2S/c1-11(13-8-5-9-17-13)15-14(16)10-18-12-6-3-2-4-7-12/h2-9,11H,10H2,1H3,(H,15,16)/t11-/m1/s1. The molecule has 0 aliphatic heterocycles. The molecule has 1 aromatic carbocycles. The number of amides is 1. The van der Waals surface area contributed by atoms with Crippen LogP contribution in [0.25, 0.3) is 0 Å². The van der Waals surface area contributed by atoms with Gasteiger partial charge in [0.25, 0.3) is 0 Å². The molecule has 0 spiro atoms. The normalized spacial score (nSPS) is 12.1. The van der Waals surface area contributed by atoms with Gasteiger partial charge >= 0.3 is 0 Å². The molecule has 0 aliphatic carbocycles. The molecule has 0 saturated heterocycles. The third kappa shape index (κ3) is 3.67. The number of carbonyl (C=O) groups is 1. The smallest absolute Gasteiger partial charge is 0.230 e. The number of rotatable bonds is 5. The first kappa shape index (κ1) is 12.8. The van der Waals surface area contributed by atoms with E-state index in [9.17, 15) is 4.79 Å². The Bertz CT molecular complexity index is 482. The van der Waals surface area contributed by atoms with Gasteiger partial charge in [0, 0.05) is 4.90 Å². The summed E-state index contributed by atoms with van der Waals surface area (Å²) in [6, 6.07) is 13.5. The van der Waals surface area contributed by atoms with Crippen LogP contribution in [0.2, 0.25) is 0 Å². The summed E-state index contributed by atoms with van der Waals surface area (Å²) in [5.41, 5.74) is 0. The first-order valence-electron chi connectivity index (χ1n) is 5.76. The van der Waals surface area contributed by atoms with Crippen molar-refractivity contribution in [1.29, 1.82) is 0 Å². The Labute approximate surface area is 111 Å². The van der Waals surface area contributed by atoms with Crippen LogP contribution in [0.5, 0.6) is 0 Å². The minimum absolute atomic E-state index is 0.00718. The van der Waals surface area contributed by atoms with E-state index in [0.29, 0.717) is 5.75 Å². The lowest BCUT2D eigenvalue weighted by atomic mass is 10.2. The fourth-order valence-corrected chi connectivity index (χ4v) is 2.29. The van der Waals surface area contributed by atoms with Gasteiger partial charge in [-0.25, -0.2) is 0 Å². The molecule has 18 heavy (non-hydrogen) atoms. The predicted octanol–water partition coefficient (Wildman–Crippen LogP) is 3.25. The second-order valence-electron chi connectivity index (χ2n) is 3.91. The van der Waals surface area contributed by atoms with Crippen molar-refractivity contribution < 1.29 is 9.21 Å². The van der Waals surface area contributed by atoms with Gasteiger partial charge in [-0.2, -0.15) is 0 Å². The number of carbonyl (C=O) groups excluding carboxylic acids is 1. The Morgan fingerprint density at radius 2 is 2.06 bits per heavy atom. The van der Waals surface area contributed by atoms with E-state index in [1.165, 1.54) is 11.8 Å². The molecule has 3 nitrogen and oxygen atoms in total. The Morgan fingerprint density at radius 3 is 2.72 bits per heavy atom. The van der Waals surface area contributed by atoms with Gasteiger partial charge in [-0.05, 0) is 31.2 Å². The van der Waals surface area contributed by atoms with Crippen LogP contribution in [0.15, 0.2) is 58.0 Å². The summed E-state index contributed by atoms with van der Waals surface area (Å²) < 4.78 is 5.24. The van der Waals surface area contributed by atoms with Crippen LogP contribution in [-0.4, -0.2) is 11.7 Å². The van der Waals surface area contributed by atoms with E-state index < -0.39 is 0 Å². The van der Waals surface area contributed by atoms with E-state index >= 15 is 0 Å². The second-order valence-corrected chi connectivity index (χ2v) is 4.96. The summed E-state index contributed by atoms with van der Waals surface area (Å²) in [6.45, 7) is 1.91. The highest BCUT2D eigenvalue weighted by Gasteiger charge is 2.11. The summed E-state index contributed by atoms with van der Waals surface area (Å²) in [7, 11) is 0. The summed E-state index contributed by atoms with van der Waals surface area (Å²) >= 11 is 1.53. The fourth-order valence-electron chi connectivity index (χ4n) is 1.56. The SMILES string of the molecule is C[C@@H](NC(=O)CSc1ccccc1)c1ccco1. The average molecular weight is 261 g/mol. The minimum Gasteiger partial charge on any atom is -0.467 e. The highest BCUT2D eigenvalue weighted by Crippen LogP contribution is 2.17. The quantitative estimate of drug-likeness (QED) is 0.840. The van der Waals surface area contributed by atoms with E-state index in [1.807, 2.05) is 49.4 Å². The van der Waals surface area contributed by atoms with E-state index in [0.717, 1.165) is 10.7 Å². The minimum atomic E-state index is -0.0936. The van der Waals surface area contributed by atoms with Crippen LogP contribution < -0.4 is 5.32 Å². The number of thioether (sulfide) groups is 1. The molecule has 0 bridgehead atoms. The van der Waals surface area contributed by atoms with Crippen LogP contribution in [0.1, 0.15) is 18.7 Å². The second kappa shape index (κ2) is 6.31. The summed E-state index contributed by atoms with van der Waals surface area (Å²) in [6.07, 6.45) is 1.61. The van der Waals surface area contributed by atoms with Crippen molar-refractivity contribution in [3.05, 3.63) is 54.5 Å². The molecule has 0 aliphatic rings. The summed E-state index contributed by atoms with van der Waals surface area (Å²) in [5, 5.41) is 2.90. The van der Waals surface area contributed by atoms with E-state index in [4.69, 9.17) is 4.42 Å². The first-order chi connectivity index (χ1) is 8.75. The maximum absolute atomic E-state index is 11.7. The zero-order valence-corrected chi connectivity index (χ0v) is 10.9. The highest BCUT2D eigenvalue weighted by atomic mass is 32.2. The third-order valence-corrected chi connectivity index (χ3v) is 3.47. The number of hydrogen-bond acceptors (Lipinski definition) is 3. The van der Waals surface area contributed by atoms with Crippen molar-refractivity contribution in [2.45, 2.75) is 17.9 Å². The zero-order valence-electron chi connectivity index (χ0n) is 10.1. The Morgan fingerprint density at radius 1 is 1.28 bits per heavy atom. The van der Waals surface area contributed by atoms with Crippen molar-refractivity contribution >= 4 is 17.7 Å². The lowest BCUT2D eigenvalue weighted by Gasteiger charge is -2.11. The molecular formula is C14H15NO2S. The van der Waals surface area contributed by atoms with Crippen LogP contribution in [0, 0.1) is 0 Å². The van der Waals surface area contributed by atoms with Gasteiger partial charge < -0.3 is 9.73 Å². The molecule has 4 heteroatoms. The molecular weight excluding hydrogens is 246 g/mol. The molecule has 1 N–H and O–H groups in total. The van der Waals surface area contributed by atoms with E-state index in [1.54, 1.807) is 6.26 Å². The Kier molecular flexibility index (Phi) is 4.47. The molecule has 1 amide bonds. The average Bonchev–Trinajstić information content (AvgIpc) is 2.91. The van der Waals surface area contributed by atoms with Crippen LogP contribution in [-0.2, 0) is 4.79 Å². The van der Waals surface area contributed by atoms with Crippen molar-refractivity contribution in [2.75, 3.05) is 5.75 Å².